The van der Waals surface area contributed by atoms with Crippen molar-refractivity contribution in [3.05, 3.63) is 46.7 Å². The normalized spacial score (nSPS) is 26.9. The third kappa shape index (κ3) is 3.86. The minimum absolute atomic E-state index is 0.336. The van der Waals surface area contributed by atoms with Gasteiger partial charge in [0, 0.05) is 43.5 Å². The van der Waals surface area contributed by atoms with Gasteiger partial charge in [0.1, 0.15) is 11.4 Å². The Morgan fingerprint density at radius 1 is 1.11 bits per heavy atom. The van der Waals surface area contributed by atoms with Crippen molar-refractivity contribution >= 4 is 17.0 Å². The third-order valence-corrected chi connectivity index (χ3v) is 7.30. The highest BCUT2D eigenvalue weighted by Crippen LogP contribution is 2.44. The number of nitrogens with zero attached hydrogens (tertiary/aromatic N) is 2. The van der Waals surface area contributed by atoms with Crippen molar-refractivity contribution in [3.8, 4) is 5.75 Å². The van der Waals surface area contributed by atoms with Crippen LogP contribution in [0.5, 0.6) is 5.75 Å². The molecule has 2 aliphatic rings. The van der Waals surface area contributed by atoms with E-state index >= 15 is 0 Å². The highest BCUT2D eigenvalue weighted by molar-refractivity contribution is 7.10. The average molecular weight is 387 g/mol. The summed E-state index contributed by atoms with van der Waals surface area (Å²) in [4.78, 5) is 6.11. The predicted molar refractivity (Wildman–Crippen MR) is 112 cm³/mol. The lowest BCUT2D eigenvalue weighted by atomic mass is 9.74. The van der Waals surface area contributed by atoms with Gasteiger partial charge in [-0.2, -0.15) is 0 Å². The maximum absolute atomic E-state index is 11.5. The molecule has 4 nitrogen and oxygen atoms in total. The molecule has 146 valence electrons. The molecular formula is C22H30N2O2S. The van der Waals surface area contributed by atoms with E-state index in [4.69, 9.17) is 4.74 Å². The second-order valence-electron chi connectivity index (χ2n) is 7.80. The van der Waals surface area contributed by atoms with Crippen LogP contribution in [-0.2, 0) is 5.60 Å². The minimum atomic E-state index is -0.633. The summed E-state index contributed by atoms with van der Waals surface area (Å²) in [5.74, 6) is 1.29. The van der Waals surface area contributed by atoms with Crippen LogP contribution in [0.1, 0.15) is 30.6 Å². The van der Waals surface area contributed by atoms with E-state index in [0.29, 0.717) is 5.92 Å². The Morgan fingerprint density at radius 3 is 2.67 bits per heavy atom. The molecular weight excluding hydrogens is 356 g/mol. The molecule has 4 rings (SSSR count). The van der Waals surface area contributed by atoms with Crippen LogP contribution in [0.4, 0.5) is 5.69 Å². The number of hydrogen-bond acceptors (Lipinski definition) is 5. The van der Waals surface area contributed by atoms with Gasteiger partial charge in [0.25, 0.3) is 0 Å². The molecule has 1 aliphatic heterocycles. The number of ether oxygens (including phenoxy) is 1. The first-order valence-corrected chi connectivity index (χ1v) is 11.0. The Morgan fingerprint density at radius 2 is 1.93 bits per heavy atom. The number of thiophene rings is 1. The summed E-state index contributed by atoms with van der Waals surface area (Å²) in [7, 11) is 1.74. The van der Waals surface area contributed by atoms with Crippen LogP contribution in [0.2, 0.25) is 0 Å². The molecule has 1 saturated carbocycles. The summed E-state index contributed by atoms with van der Waals surface area (Å²) in [6.45, 7) is 5.08. The van der Waals surface area contributed by atoms with E-state index in [9.17, 15) is 5.11 Å². The molecule has 1 N–H and O–H groups in total. The molecule has 0 radical (unpaired) electrons. The maximum Gasteiger partial charge on any atom is 0.142 e. The van der Waals surface area contributed by atoms with Gasteiger partial charge in [-0.1, -0.05) is 31.0 Å². The largest absolute Gasteiger partial charge is 0.495 e. The third-order valence-electron chi connectivity index (χ3n) is 6.26. The summed E-state index contributed by atoms with van der Waals surface area (Å²) >= 11 is 1.71. The molecule has 1 aromatic carbocycles. The van der Waals surface area contributed by atoms with Crippen LogP contribution < -0.4 is 9.64 Å². The molecule has 0 spiro atoms. The lowest BCUT2D eigenvalue weighted by Crippen LogP contribution is -2.51. The van der Waals surface area contributed by atoms with Crippen molar-refractivity contribution in [1.29, 1.82) is 0 Å². The number of hydrogen-bond donors (Lipinski definition) is 1. The number of anilines is 1. The van der Waals surface area contributed by atoms with Crippen LogP contribution >= 0.6 is 11.3 Å². The van der Waals surface area contributed by atoms with Crippen molar-refractivity contribution in [2.75, 3.05) is 44.7 Å². The van der Waals surface area contributed by atoms with Gasteiger partial charge in [-0.05, 0) is 36.4 Å². The second kappa shape index (κ2) is 8.21. The highest BCUT2D eigenvalue weighted by Gasteiger charge is 2.42. The van der Waals surface area contributed by atoms with Gasteiger partial charge in [-0.25, -0.2) is 0 Å². The molecule has 1 aromatic heterocycles. The smallest absolute Gasteiger partial charge is 0.142 e. The first-order valence-electron chi connectivity index (χ1n) is 10.1. The van der Waals surface area contributed by atoms with Gasteiger partial charge in [-0.3, -0.25) is 4.90 Å². The molecule has 2 unspecified atom stereocenters. The van der Waals surface area contributed by atoms with Gasteiger partial charge >= 0.3 is 0 Å². The van der Waals surface area contributed by atoms with E-state index in [1.165, 1.54) is 12.1 Å². The fraction of sp³-hybridized carbons (Fsp3) is 0.545. The number of para-hydroxylation sites is 2. The summed E-state index contributed by atoms with van der Waals surface area (Å²) in [5.41, 5.74) is 0.555. The summed E-state index contributed by atoms with van der Waals surface area (Å²) < 4.78 is 5.53. The summed E-state index contributed by atoms with van der Waals surface area (Å²) in [5, 5.41) is 13.6. The van der Waals surface area contributed by atoms with E-state index in [1.54, 1.807) is 18.4 Å². The number of benzene rings is 1. The molecule has 0 amide bonds. The Balaban J connectivity index is 1.40. The predicted octanol–water partition coefficient (Wildman–Crippen LogP) is 3.96. The number of methoxy groups -OCH3 is 1. The first kappa shape index (κ1) is 18.8. The molecule has 2 fully saturated rings. The second-order valence-corrected chi connectivity index (χ2v) is 8.75. The SMILES string of the molecule is COc1ccccc1N1CCN(CC2CCCCC2(O)c2cccs2)CC1. The van der Waals surface area contributed by atoms with Crippen LogP contribution in [0, 0.1) is 5.92 Å². The van der Waals surface area contributed by atoms with Gasteiger partial charge in [-0.15, -0.1) is 11.3 Å². The van der Waals surface area contributed by atoms with Crippen molar-refractivity contribution in [2.45, 2.75) is 31.3 Å². The van der Waals surface area contributed by atoms with Crippen molar-refractivity contribution in [3.63, 3.8) is 0 Å². The fourth-order valence-corrected chi connectivity index (χ4v) is 5.63. The quantitative estimate of drug-likeness (QED) is 0.844. The number of rotatable bonds is 5. The average Bonchev–Trinajstić information content (AvgIpc) is 3.26. The van der Waals surface area contributed by atoms with Gasteiger partial charge < -0.3 is 14.7 Å². The topological polar surface area (TPSA) is 35.9 Å². The molecule has 5 heteroatoms. The maximum atomic E-state index is 11.5. The molecule has 2 heterocycles. The van der Waals surface area contributed by atoms with E-state index in [1.807, 2.05) is 12.1 Å². The molecule has 27 heavy (non-hydrogen) atoms. The van der Waals surface area contributed by atoms with Crippen molar-refractivity contribution in [2.24, 2.45) is 5.92 Å². The van der Waals surface area contributed by atoms with E-state index < -0.39 is 5.60 Å². The Bertz CT molecular complexity index is 728. The van der Waals surface area contributed by atoms with Crippen molar-refractivity contribution < 1.29 is 9.84 Å². The zero-order valence-corrected chi connectivity index (χ0v) is 17.0. The van der Waals surface area contributed by atoms with E-state index in [2.05, 4.69) is 39.4 Å². The van der Waals surface area contributed by atoms with Gasteiger partial charge in [0.15, 0.2) is 0 Å². The van der Waals surface area contributed by atoms with E-state index in [0.717, 1.165) is 62.6 Å². The lowest BCUT2D eigenvalue weighted by Gasteiger charge is -2.44. The van der Waals surface area contributed by atoms with Crippen molar-refractivity contribution in [1.82, 2.24) is 4.90 Å². The standard InChI is InChI=1S/C22H30N2O2S/c1-26-20-9-3-2-8-19(20)24-14-12-23(13-15-24)17-18-7-4-5-11-22(18,25)21-10-6-16-27-21/h2-3,6,8-10,16,18,25H,4-5,7,11-15,17H2,1H3. The fourth-order valence-electron chi connectivity index (χ4n) is 4.69. The van der Waals surface area contributed by atoms with E-state index in [-0.39, 0.29) is 0 Å². The summed E-state index contributed by atoms with van der Waals surface area (Å²) in [6, 6.07) is 12.5. The zero-order chi connectivity index (χ0) is 18.7. The first-order chi connectivity index (χ1) is 13.2. The monoisotopic (exact) mass is 386 g/mol. The Hall–Kier alpha value is -1.56. The van der Waals surface area contributed by atoms with Crippen LogP contribution in [0.3, 0.4) is 0 Å². The number of piperazine rings is 1. The molecule has 1 saturated heterocycles. The Labute approximate surface area is 166 Å². The van der Waals surface area contributed by atoms with Crippen LogP contribution in [0.15, 0.2) is 41.8 Å². The van der Waals surface area contributed by atoms with Crippen LogP contribution in [0.25, 0.3) is 0 Å². The summed E-state index contributed by atoms with van der Waals surface area (Å²) in [6.07, 6.45) is 4.40. The number of aliphatic hydroxyl groups is 1. The Kier molecular flexibility index (Phi) is 5.71. The molecule has 0 bridgehead atoms. The van der Waals surface area contributed by atoms with Crippen LogP contribution in [-0.4, -0.2) is 49.8 Å². The molecule has 1 aliphatic carbocycles. The highest BCUT2D eigenvalue weighted by atomic mass is 32.1. The van der Waals surface area contributed by atoms with Gasteiger partial charge in [0.2, 0.25) is 0 Å². The minimum Gasteiger partial charge on any atom is -0.495 e. The lowest BCUT2D eigenvalue weighted by molar-refractivity contribution is -0.0631. The van der Waals surface area contributed by atoms with Gasteiger partial charge in [0.05, 0.1) is 12.8 Å². The zero-order valence-electron chi connectivity index (χ0n) is 16.1. The molecule has 2 aromatic rings. The molecule has 2 atom stereocenters.